The largest absolute Gasteiger partial charge is 0.398 e. The Morgan fingerprint density at radius 3 is 2.44 bits per heavy atom. The molecule has 0 bridgehead atoms. The van der Waals surface area contributed by atoms with Crippen molar-refractivity contribution in [3.8, 4) is 0 Å². The van der Waals surface area contributed by atoms with Gasteiger partial charge in [0.1, 0.15) is 0 Å². The number of rotatable bonds is 6. The van der Waals surface area contributed by atoms with Gasteiger partial charge in [-0.15, -0.1) is 0 Å². The Hall–Kier alpha value is -0.930. The molecule has 0 aliphatic rings. The second kappa shape index (κ2) is 6.30. The van der Waals surface area contributed by atoms with Gasteiger partial charge in [0.05, 0.1) is 17.3 Å². The average Bonchev–Trinajstić information content (AvgIpc) is 2.37. The summed E-state index contributed by atoms with van der Waals surface area (Å²) in [7, 11) is 0. The van der Waals surface area contributed by atoms with Crippen LogP contribution in [0.4, 0.5) is 11.4 Å². The molecule has 4 N–H and O–H groups in total. The molecule has 3 nitrogen and oxygen atoms in total. The van der Waals surface area contributed by atoms with Crippen LogP contribution in [0.15, 0.2) is 12.1 Å². The number of halogens is 1. The van der Waals surface area contributed by atoms with Gasteiger partial charge in [-0.05, 0) is 37.5 Å². The SMILES string of the molecule is CCC(CC)(CO)CNc1cc(Cl)c(N)cc1C. The van der Waals surface area contributed by atoms with Crippen molar-refractivity contribution < 1.29 is 5.11 Å². The highest BCUT2D eigenvalue weighted by Crippen LogP contribution is 2.30. The molecule has 0 radical (unpaired) electrons. The summed E-state index contributed by atoms with van der Waals surface area (Å²) in [6, 6.07) is 3.71. The first-order chi connectivity index (χ1) is 8.48. The molecule has 18 heavy (non-hydrogen) atoms. The molecule has 1 aromatic rings. The van der Waals surface area contributed by atoms with Gasteiger partial charge < -0.3 is 16.2 Å². The number of hydrogen-bond acceptors (Lipinski definition) is 3. The summed E-state index contributed by atoms with van der Waals surface area (Å²) >= 11 is 6.02. The number of aryl methyl sites for hydroxylation is 1. The minimum absolute atomic E-state index is 0.0691. The molecule has 0 fully saturated rings. The number of nitrogens with two attached hydrogens (primary N) is 1. The predicted molar refractivity (Wildman–Crippen MR) is 79.2 cm³/mol. The minimum atomic E-state index is -0.0691. The van der Waals surface area contributed by atoms with Gasteiger partial charge in [-0.1, -0.05) is 25.4 Å². The molecule has 4 heteroatoms. The Bertz CT molecular complexity index is 395. The first-order valence-corrected chi connectivity index (χ1v) is 6.76. The molecule has 0 amide bonds. The highest BCUT2D eigenvalue weighted by molar-refractivity contribution is 6.33. The van der Waals surface area contributed by atoms with Crippen molar-refractivity contribution in [1.29, 1.82) is 0 Å². The van der Waals surface area contributed by atoms with Crippen molar-refractivity contribution in [2.24, 2.45) is 5.41 Å². The molecule has 0 aromatic heterocycles. The Morgan fingerprint density at radius 1 is 1.33 bits per heavy atom. The number of anilines is 2. The van der Waals surface area contributed by atoms with Crippen LogP contribution in [0.25, 0.3) is 0 Å². The van der Waals surface area contributed by atoms with E-state index in [9.17, 15) is 5.11 Å². The summed E-state index contributed by atoms with van der Waals surface area (Å²) in [5, 5.41) is 13.5. The van der Waals surface area contributed by atoms with Crippen LogP contribution in [0.3, 0.4) is 0 Å². The smallest absolute Gasteiger partial charge is 0.0656 e. The van der Waals surface area contributed by atoms with Gasteiger partial charge in [-0.3, -0.25) is 0 Å². The quantitative estimate of drug-likeness (QED) is 0.694. The topological polar surface area (TPSA) is 58.3 Å². The van der Waals surface area contributed by atoms with Crippen LogP contribution >= 0.6 is 11.6 Å². The van der Waals surface area contributed by atoms with Crippen LogP contribution in [-0.2, 0) is 0 Å². The Balaban J connectivity index is 2.83. The van der Waals surface area contributed by atoms with Crippen molar-refractivity contribution >= 4 is 23.0 Å². The van der Waals surface area contributed by atoms with Crippen molar-refractivity contribution in [2.45, 2.75) is 33.6 Å². The number of benzene rings is 1. The van der Waals surface area contributed by atoms with E-state index in [4.69, 9.17) is 17.3 Å². The molecule has 0 spiro atoms. The van der Waals surface area contributed by atoms with Gasteiger partial charge in [-0.2, -0.15) is 0 Å². The predicted octanol–water partition coefficient (Wildman–Crippen LogP) is 3.44. The standard InChI is InChI=1S/C14H23ClN2O/c1-4-14(5-2,9-18)8-17-13-7-11(15)12(16)6-10(13)3/h6-7,17-18H,4-5,8-9,16H2,1-3H3. The molecule has 0 heterocycles. The maximum absolute atomic E-state index is 9.54. The maximum atomic E-state index is 9.54. The van der Waals surface area contributed by atoms with Gasteiger partial charge >= 0.3 is 0 Å². The number of nitrogen functional groups attached to an aromatic ring is 1. The lowest BCUT2D eigenvalue weighted by Gasteiger charge is -2.30. The number of aliphatic hydroxyl groups excluding tert-OH is 1. The Morgan fingerprint density at radius 2 is 1.94 bits per heavy atom. The molecule has 0 aliphatic carbocycles. The lowest BCUT2D eigenvalue weighted by Crippen LogP contribution is -2.32. The van der Waals surface area contributed by atoms with E-state index in [0.717, 1.165) is 30.6 Å². The zero-order valence-electron chi connectivity index (χ0n) is 11.4. The Kier molecular flexibility index (Phi) is 5.29. The molecular formula is C14H23ClN2O. The second-order valence-corrected chi connectivity index (χ2v) is 5.31. The molecule has 0 saturated heterocycles. The fraction of sp³-hybridized carbons (Fsp3) is 0.571. The van der Waals surface area contributed by atoms with Crippen LogP contribution in [-0.4, -0.2) is 18.3 Å². The fourth-order valence-electron chi connectivity index (χ4n) is 1.96. The van der Waals surface area contributed by atoms with E-state index < -0.39 is 0 Å². The summed E-state index contributed by atoms with van der Waals surface area (Å²) in [6.45, 7) is 7.12. The van der Waals surface area contributed by atoms with Crippen LogP contribution < -0.4 is 11.1 Å². The summed E-state index contributed by atoms with van der Waals surface area (Å²) in [4.78, 5) is 0. The van der Waals surface area contributed by atoms with Crippen LogP contribution in [0.1, 0.15) is 32.3 Å². The van der Waals surface area contributed by atoms with E-state index in [1.165, 1.54) is 0 Å². The van der Waals surface area contributed by atoms with Crippen molar-refractivity contribution in [3.63, 3.8) is 0 Å². The lowest BCUT2D eigenvalue weighted by molar-refractivity contribution is 0.127. The van der Waals surface area contributed by atoms with E-state index in [1.807, 2.05) is 19.1 Å². The number of nitrogens with one attached hydrogen (secondary N) is 1. The van der Waals surface area contributed by atoms with E-state index >= 15 is 0 Å². The van der Waals surface area contributed by atoms with Crippen molar-refractivity contribution in [1.82, 2.24) is 0 Å². The maximum Gasteiger partial charge on any atom is 0.0656 e. The molecule has 0 saturated carbocycles. The van der Waals surface area contributed by atoms with E-state index in [-0.39, 0.29) is 12.0 Å². The third kappa shape index (κ3) is 3.30. The van der Waals surface area contributed by atoms with Crippen LogP contribution in [0.5, 0.6) is 0 Å². The second-order valence-electron chi connectivity index (χ2n) is 4.91. The third-order valence-corrected chi connectivity index (χ3v) is 4.16. The van der Waals surface area contributed by atoms with Gasteiger partial charge in [0.25, 0.3) is 0 Å². The van der Waals surface area contributed by atoms with Crippen LogP contribution in [0.2, 0.25) is 5.02 Å². The first kappa shape index (κ1) is 15.1. The zero-order valence-corrected chi connectivity index (χ0v) is 12.1. The van der Waals surface area contributed by atoms with Crippen LogP contribution in [0, 0.1) is 12.3 Å². The van der Waals surface area contributed by atoms with Gasteiger partial charge in [0, 0.05) is 17.6 Å². The van der Waals surface area contributed by atoms with E-state index in [2.05, 4.69) is 19.2 Å². The molecule has 0 atom stereocenters. The zero-order chi connectivity index (χ0) is 13.8. The van der Waals surface area contributed by atoms with E-state index in [0.29, 0.717) is 10.7 Å². The Labute approximate surface area is 114 Å². The molecule has 0 aliphatic heterocycles. The van der Waals surface area contributed by atoms with Gasteiger partial charge in [0.2, 0.25) is 0 Å². The first-order valence-electron chi connectivity index (χ1n) is 6.38. The monoisotopic (exact) mass is 270 g/mol. The fourth-order valence-corrected chi connectivity index (χ4v) is 2.12. The summed E-state index contributed by atoms with van der Waals surface area (Å²) in [6.07, 6.45) is 1.88. The lowest BCUT2D eigenvalue weighted by atomic mass is 9.83. The molecular weight excluding hydrogens is 248 g/mol. The molecule has 0 unspecified atom stereocenters. The normalized spacial score (nSPS) is 11.6. The van der Waals surface area contributed by atoms with E-state index in [1.54, 1.807) is 0 Å². The average molecular weight is 271 g/mol. The third-order valence-electron chi connectivity index (χ3n) is 3.83. The summed E-state index contributed by atoms with van der Waals surface area (Å²) in [5.41, 5.74) is 8.32. The molecule has 1 aromatic carbocycles. The highest BCUT2D eigenvalue weighted by atomic mass is 35.5. The molecule has 102 valence electrons. The van der Waals surface area contributed by atoms with Crippen molar-refractivity contribution in [2.75, 3.05) is 24.2 Å². The number of aliphatic hydroxyl groups is 1. The summed E-state index contributed by atoms with van der Waals surface area (Å²) in [5.74, 6) is 0. The minimum Gasteiger partial charge on any atom is -0.398 e. The highest BCUT2D eigenvalue weighted by Gasteiger charge is 2.25. The van der Waals surface area contributed by atoms with Gasteiger partial charge in [-0.25, -0.2) is 0 Å². The number of hydrogen-bond donors (Lipinski definition) is 3. The summed E-state index contributed by atoms with van der Waals surface area (Å²) < 4.78 is 0. The van der Waals surface area contributed by atoms with Crippen molar-refractivity contribution in [3.05, 3.63) is 22.7 Å². The molecule has 1 rings (SSSR count). The van der Waals surface area contributed by atoms with Gasteiger partial charge in [0.15, 0.2) is 0 Å².